The molecule has 112 valence electrons. The van der Waals surface area contributed by atoms with Gasteiger partial charge in [0.1, 0.15) is 11.6 Å². The predicted octanol–water partition coefficient (Wildman–Crippen LogP) is 4.05. The van der Waals surface area contributed by atoms with E-state index < -0.39 is 23.7 Å². The van der Waals surface area contributed by atoms with Crippen molar-refractivity contribution in [3.63, 3.8) is 0 Å². The molecule has 0 heterocycles. The van der Waals surface area contributed by atoms with E-state index in [2.05, 4.69) is 0 Å². The molecule has 0 aliphatic carbocycles. The molecule has 0 fully saturated rings. The van der Waals surface area contributed by atoms with Gasteiger partial charge in [-0.15, -0.1) is 0 Å². The molecule has 2 rings (SSSR count). The van der Waals surface area contributed by atoms with Gasteiger partial charge in [-0.05, 0) is 41.5 Å². The summed E-state index contributed by atoms with van der Waals surface area (Å²) >= 11 is 11.8. The van der Waals surface area contributed by atoms with Crippen molar-refractivity contribution < 1.29 is 13.9 Å². The second kappa shape index (κ2) is 6.71. The normalized spacial score (nSPS) is 14.0. The Morgan fingerprint density at radius 3 is 1.90 bits per heavy atom. The minimum Gasteiger partial charge on any atom is -0.388 e. The van der Waals surface area contributed by atoms with Crippen molar-refractivity contribution in [3.05, 3.63) is 69.2 Å². The van der Waals surface area contributed by atoms with E-state index in [4.69, 9.17) is 28.9 Å². The maximum Gasteiger partial charge on any atom is 0.126 e. The van der Waals surface area contributed by atoms with Gasteiger partial charge in [0.25, 0.3) is 0 Å². The lowest BCUT2D eigenvalue weighted by Crippen LogP contribution is -2.20. The summed E-state index contributed by atoms with van der Waals surface area (Å²) in [5.41, 5.74) is 6.36. The third-order valence-electron chi connectivity index (χ3n) is 3.17. The van der Waals surface area contributed by atoms with Gasteiger partial charge in [0.15, 0.2) is 0 Å². The van der Waals surface area contributed by atoms with Crippen molar-refractivity contribution in [2.45, 2.75) is 12.0 Å². The first-order valence-corrected chi connectivity index (χ1v) is 6.96. The molecule has 0 amide bonds. The average Bonchev–Trinajstić information content (AvgIpc) is 2.37. The van der Waals surface area contributed by atoms with Crippen LogP contribution < -0.4 is 5.73 Å². The maximum atomic E-state index is 13.3. The van der Waals surface area contributed by atoms with Crippen LogP contribution in [0.15, 0.2) is 36.4 Å². The zero-order valence-electron chi connectivity index (χ0n) is 10.9. The zero-order valence-corrected chi connectivity index (χ0v) is 12.4. The lowest BCUT2D eigenvalue weighted by atomic mass is 9.89. The molecule has 0 saturated carbocycles. The Labute approximate surface area is 131 Å². The van der Waals surface area contributed by atoms with Gasteiger partial charge in [-0.1, -0.05) is 23.2 Å². The summed E-state index contributed by atoms with van der Waals surface area (Å²) in [5.74, 6) is -2.12. The highest BCUT2D eigenvalue weighted by atomic mass is 35.5. The van der Waals surface area contributed by atoms with E-state index in [0.717, 1.165) is 18.2 Å². The number of rotatable bonds is 4. The van der Waals surface area contributed by atoms with Gasteiger partial charge in [0.05, 0.1) is 6.10 Å². The topological polar surface area (TPSA) is 46.2 Å². The van der Waals surface area contributed by atoms with Gasteiger partial charge in [-0.25, -0.2) is 8.78 Å². The number of nitrogens with two attached hydrogens (primary N) is 1. The lowest BCUT2D eigenvalue weighted by Gasteiger charge is -2.23. The highest BCUT2D eigenvalue weighted by molar-refractivity contribution is 6.34. The highest BCUT2D eigenvalue weighted by Crippen LogP contribution is 2.33. The van der Waals surface area contributed by atoms with Crippen LogP contribution in [0.4, 0.5) is 8.78 Å². The molecule has 0 aliphatic rings. The van der Waals surface area contributed by atoms with E-state index in [9.17, 15) is 13.9 Å². The van der Waals surface area contributed by atoms with Gasteiger partial charge in [0.2, 0.25) is 0 Å². The number of benzene rings is 2. The fourth-order valence-corrected chi connectivity index (χ4v) is 2.76. The van der Waals surface area contributed by atoms with E-state index in [0.29, 0.717) is 15.6 Å². The molecule has 0 saturated heterocycles. The Kier molecular flexibility index (Phi) is 5.17. The molecule has 2 aromatic carbocycles. The number of halogens is 4. The van der Waals surface area contributed by atoms with E-state index >= 15 is 0 Å². The highest BCUT2D eigenvalue weighted by Gasteiger charge is 2.23. The molecule has 3 N–H and O–H groups in total. The molecule has 0 aliphatic heterocycles. The largest absolute Gasteiger partial charge is 0.388 e. The van der Waals surface area contributed by atoms with E-state index in [1.807, 2.05) is 0 Å². The predicted molar refractivity (Wildman–Crippen MR) is 79.6 cm³/mol. The summed E-state index contributed by atoms with van der Waals surface area (Å²) in [6.45, 7) is 0.00813. The van der Waals surface area contributed by atoms with Gasteiger partial charge < -0.3 is 10.8 Å². The molecule has 0 radical (unpaired) electrons. The van der Waals surface area contributed by atoms with Crippen LogP contribution in [0, 0.1) is 11.6 Å². The van der Waals surface area contributed by atoms with Gasteiger partial charge in [-0.3, -0.25) is 0 Å². The van der Waals surface area contributed by atoms with Crippen LogP contribution in [0.3, 0.4) is 0 Å². The van der Waals surface area contributed by atoms with E-state index in [-0.39, 0.29) is 12.1 Å². The summed E-state index contributed by atoms with van der Waals surface area (Å²) in [6.07, 6.45) is -1.08. The SMILES string of the molecule is NCC(c1cc(F)cc(F)c1)C(O)c1cc(Cl)cc(Cl)c1. The van der Waals surface area contributed by atoms with Crippen LogP contribution in [0.25, 0.3) is 0 Å². The maximum absolute atomic E-state index is 13.3. The first-order valence-electron chi connectivity index (χ1n) is 6.21. The van der Waals surface area contributed by atoms with Gasteiger partial charge in [-0.2, -0.15) is 0 Å². The van der Waals surface area contributed by atoms with Crippen molar-refractivity contribution in [1.29, 1.82) is 0 Å². The average molecular weight is 332 g/mol. The molecule has 0 bridgehead atoms. The van der Waals surface area contributed by atoms with Crippen molar-refractivity contribution in [2.24, 2.45) is 5.73 Å². The van der Waals surface area contributed by atoms with E-state index in [1.165, 1.54) is 18.2 Å². The summed E-state index contributed by atoms with van der Waals surface area (Å²) in [4.78, 5) is 0. The van der Waals surface area contributed by atoms with Crippen molar-refractivity contribution in [3.8, 4) is 0 Å². The van der Waals surface area contributed by atoms with Crippen molar-refractivity contribution >= 4 is 23.2 Å². The summed E-state index contributed by atoms with van der Waals surface area (Å²) in [7, 11) is 0. The van der Waals surface area contributed by atoms with Crippen LogP contribution in [0.2, 0.25) is 10.0 Å². The zero-order chi connectivity index (χ0) is 15.6. The van der Waals surface area contributed by atoms with Crippen molar-refractivity contribution in [2.75, 3.05) is 6.54 Å². The quantitative estimate of drug-likeness (QED) is 0.887. The molecular weight excluding hydrogens is 319 g/mol. The first-order chi connectivity index (χ1) is 9.90. The third kappa shape index (κ3) is 3.92. The summed E-state index contributed by atoms with van der Waals surface area (Å²) < 4.78 is 26.6. The molecule has 2 atom stereocenters. The number of hydrogen-bond donors (Lipinski definition) is 2. The Hall–Kier alpha value is -1.20. The molecule has 0 spiro atoms. The second-order valence-electron chi connectivity index (χ2n) is 4.69. The molecule has 2 aromatic rings. The van der Waals surface area contributed by atoms with Crippen LogP contribution in [-0.4, -0.2) is 11.7 Å². The number of aliphatic hydroxyl groups excluding tert-OH is 1. The fourth-order valence-electron chi connectivity index (χ4n) is 2.21. The Morgan fingerprint density at radius 2 is 1.43 bits per heavy atom. The molecule has 2 nitrogen and oxygen atoms in total. The number of hydrogen-bond acceptors (Lipinski definition) is 2. The van der Waals surface area contributed by atoms with Crippen molar-refractivity contribution in [1.82, 2.24) is 0 Å². The van der Waals surface area contributed by atoms with Crippen LogP contribution >= 0.6 is 23.2 Å². The fraction of sp³-hybridized carbons (Fsp3) is 0.200. The smallest absolute Gasteiger partial charge is 0.126 e. The van der Waals surface area contributed by atoms with Crippen LogP contribution in [0.1, 0.15) is 23.1 Å². The molecule has 6 heteroatoms. The third-order valence-corrected chi connectivity index (χ3v) is 3.61. The Morgan fingerprint density at radius 1 is 0.905 bits per heavy atom. The monoisotopic (exact) mass is 331 g/mol. The molecule has 21 heavy (non-hydrogen) atoms. The van der Waals surface area contributed by atoms with Crippen LogP contribution in [-0.2, 0) is 0 Å². The number of aliphatic hydroxyl groups is 1. The van der Waals surface area contributed by atoms with Crippen LogP contribution in [0.5, 0.6) is 0 Å². The first kappa shape index (κ1) is 16.2. The molecule has 0 aromatic heterocycles. The summed E-state index contributed by atoms with van der Waals surface area (Å²) in [6, 6.07) is 7.66. The standard InChI is InChI=1S/C15H13Cl2F2NO/c16-10-1-9(2-11(17)5-10)15(21)14(7-20)8-3-12(18)6-13(19)4-8/h1-6,14-15,21H,7,20H2. The minimum absolute atomic E-state index is 0.00813. The molecule has 2 unspecified atom stereocenters. The van der Waals surface area contributed by atoms with E-state index in [1.54, 1.807) is 0 Å². The van der Waals surface area contributed by atoms with Gasteiger partial charge >= 0.3 is 0 Å². The Balaban J connectivity index is 2.40. The summed E-state index contributed by atoms with van der Waals surface area (Å²) in [5, 5.41) is 11.1. The van der Waals surface area contributed by atoms with Gasteiger partial charge in [0, 0.05) is 28.6 Å². The lowest BCUT2D eigenvalue weighted by molar-refractivity contribution is 0.147. The second-order valence-corrected chi connectivity index (χ2v) is 5.57. The Bertz CT molecular complexity index is 611. The minimum atomic E-state index is -1.08. The molecular formula is C15H13Cl2F2NO.